The Labute approximate surface area is 173 Å². The van der Waals surface area contributed by atoms with Crippen LogP contribution < -0.4 is 10.6 Å². The number of carbonyl (C=O) groups excluding carboxylic acids is 2. The molecule has 4 rings (SSSR count). The van der Waals surface area contributed by atoms with Crippen LogP contribution in [0.1, 0.15) is 52.1 Å². The SMILES string of the molecule is Cc1nc2c(C#N)cnn2c(C)c1CCC(=O)Nc1ccc(C(=O)NC2CC2)cc1. The summed E-state index contributed by atoms with van der Waals surface area (Å²) in [6.45, 7) is 3.79. The van der Waals surface area contributed by atoms with Gasteiger partial charge in [-0.1, -0.05) is 0 Å². The van der Waals surface area contributed by atoms with Gasteiger partial charge in [0.25, 0.3) is 5.91 Å². The van der Waals surface area contributed by atoms with Gasteiger partial charge < -0.3 is 10.6 Å². The molecule has 0 aliphatic heterocycles. The summed E-state index contributed by atoms with van der Waals surface area (Å²) in [5.41, 5.74) is 4.80. The molecular weight excluding hydrogens is 380 g/mol. The van der Waals surface area contributed by atoms with E-state index in [4.69, 9.17) is 5.26 Å². The highest BCUT2D eigenvalue weighted by Gasteiger charge is 2.23. The molecule has 2 aromatic heterocycles. The highest BCUT2D eigenvalue weighted by molar-refractivity contribution is 5.96. The van der Waals surface area contributed by atoms with Gasteiger partial charge in [-0.3, -0.25) is 9.59 Å². The number of amides is 2. The quantitative estimate of drug-likeness (QED) is 0.658. The summed E-state index contributed by atoms with van der Waals surface area (Å²) >= 11 is 0. The van der Waals surface area contributed by atoms with Gasteiger partial charge in [-0.15, -0.1) is 0 Å². The molecule has 152 valence electrons. The van der Waals surface area contributed by atoms with Crippen LogP contribution in [0.15, 0.2) is 30.5 Å². The molecule has 1 aliphatic rings. The molecule has 3 aromatic rings. The number of benzene rings is 1. The van der Waals surface area contributed by atoms with Crippen molar-refractivity contribution in [3.63, 3.8) is 0 Å². The number of aromatic nitrogens is 3. The molecule has 2 amide bonds. The fourth-order valence-electron chi connectivity index (χ4n) is 3.42. The molecule has 1 fully saturated rings. The van der Waals surface area contributed by atoms with Gasteiger partial charge in [-0.05, 0) is 62.9 Å². The number of hydrogen-bond acceptors (Lipinski definition) is 5. The summed E-state index contributed by atoms with van der Waals surface area (Å²) in [5.74, 6) is -0.204. The minimum atomic E-state index is -0.123. The van der Waals surface area contributed by atoms with Crippen molar-refractivity contribution < 1.29 is 9.59 Å². The number of fused-ring (bicyclic) bond motifs is 1. The molecule has 2 N–H and O–H groups in total. The lowest BCUT2D eigenvalue weighted by molar-refractivity contribution is -0.116. The summed E-state index contributed by atoms with van der Waals surface area (Å²) in [6, 6.07) is 9.29. The largest absolute Gasteiger partial charge is 0.349 e. The van der Waals surface area contributed by atoms with Crippen LogP contribution in [0.2, 0.25) is 0 Å². The zero-order valence-corrected chi connectivity index (χ0v) is 16.9. The Morgan fingerprint density at radius 1 is 1.23 bits per heavy atom. The summed E-state index contributed by atoms with van der Waals surface area (Å²) in [7, 11) is 0. The number of nitrogens with one attached hydrogen (secondary N) is 2. The molecule has 1 aliphatic carbocycles. The number of hydrogen-bond donors (Lipinski definition) is 2. The average molecular weight is 402 g/mol. The van der Waals surface area contributed by atoms with Crippen molar-refractivity contribution in [1.29, 1.82) is 5.26 Å². The summed E-state index contributed by atoms with van der Waals surface area (Å²) in [4.78, 5) is 28.9. The number of rotatable bonds is 6. The maximum absolute atomic E-state index is 12.4. The van der Waals surface area contributed by atoms with Crippen molar-refractivity contribution in [2.24, 2.45) is 0 Å². The Balaban J connectivity index is 1.39. The molecule has 1 aromatic carbocycles. The summed E-state index contributed by atoms with van der Waals surface area (Å²) < 4.78 is 1.64. The third-order valence-electron chi connectivity index (χ3n) is 5.27. The van der Waals surface area contributed by atoms with Crippen LogP contribution in [-0.4, -0.2) is 32.5 Å². The first-order chi connectivity index (χ1) is 14.5. The minimum absolute atomic E-state index is 0.0811. The van der Waals surface area contributed by atoms with Gasteiger partial charge >= 0.3 is 0 Å². The monoisotopic (exact) mass is 402 g/mol. The molecule has 0 spiro atoms. The smallest absolute Gasteiger partial charge is 0.251 e. The van der Waals surface area contributed by atoms with Crippen molar-refractivity contribution in [1.82, 2.24) is 19.9 Å². The first kappa shape index (κ1) is 19.6. The van der Waals surface area contributed by atoms with Gasteiger partial charge in [-0.2, -0.15) is 10.4 Å². The van der Waals surface area contributed by atoms with Gasteiger partial charge in [-0.25, -0.2) is 9.50 Å². The van der Waals surface area contributed by atoms with E-state index in [1.54, 1.807) is 28.8 Å². The van der Waals surface area contributed by atoms with E-state index in [0.717, 1.165) is 29.8 Å². The van der Waals surface area contributed by atoms with Crippen LogP contribution in [0.5, 0.6) is 0 Å². The van der Waals surface area contributed by atoms with Gasteiger partial charge in [0, 0.05) is 35.1 Å². The molecule has 2 heterocycles. The number of carbonyl (C=O) groups is 2. The number of aryl methyl sites for hydroxylation is 2. The lowest BCUT2D eigenvalue weighted by atomic mass is 10.1. The van der Waals surface area contributed by atoms with Crippen LogP contribution in [-0.2, 0) is 11.2 Å². The molecular formula is C22H22N6O2. The fraction of sp³-hybridized carbons (Fsp3) is 0.318. The van der Waals surface area contributed by atoms with Crippen molar-refractivity contribution >= 4 is 23.1 Å². The number of nitrogens with zero attached hydrogens (tertiary/aromatic N) is 4. The lowest BCUT2D eigenvalue weighted by Gasteiger charge is -2.11. The average Bonchev–Trinajstić information content (AvgIpc) is 3.44. The molecule has 0 saturated heterocycles. The molecule has 0 bridgehead atoms. The first-order valence-corrected chi connectivity index (χ1v) is 9.91. The normalized spacial score (nSPS) is 13.1. The second kappa shape index (κ2) is 7.95. The Kier molecular flexibility index (Phi) is 5.19. The molecule has 8 heteroatoms. The topological polar surface area (TPSA) is 112 Å². The Hall–Kier alpha value is -3.73. The van der Waals surface area contributed by atoms with Gasteiger partial charge in [0.2, 0.25) is 5.91 Å². The zero-order chi connectivity index (χ0) is 21.3. The Bertz CT molecular complexity index is 1170. The highest BCUT2D eigenvalue weighted by atomic mass is 16.2. The van der Waals surface area contributed by atoms with Crippen LogP contribution in [0.4, 0.5) is 5.69 Å². The predicted molar refractivity (Wildman–Crippen MR) is 111 cm³/mol. The minimum Gasteiger partial charge on any atom is -0.349 e. The first-order valence-electron chi connectivity index (χ1n) is 9.91. The van der Waals surface area contributed by atoms with Crippen LogP contribution in [0.3, 0.4) is 0 Å². The molecule has 1 saturated carbocycles. The third kappa shape index (κ3) is 4.01. The maximum Gasteiger partial charge on any atom is 0.251 e. The third-order valence-corrected chi connectivity index (χ3v) is 5.27. The predicted octanol–water partition coefficient (Wildman–Crippen LogP) is 2.68. The maximum atomic E-state index is 12.4. The fourth-order valence-corrected chi connectivity index (χ4v) is 3.42. The van der Waals surface area contributed by atoms with Gasteiger partial charge in [0.1, 0.15) is 11.6 Å². The van der Waals surface area contributed by atoms with Crippen molar-refractivity contribution in [2.45, 2.75) is 45.6 Å². The van der Waals surface area contributed by atoms with Crippen LogP contribution in [0.25, 0.3) is 5.65 Å². The second-order valence-electron chi connectivity index (χ2n) is 7.54. The van der Waals surface area contributed by atoms with E-state index < -0.39 is 0 Å². The van der Waals surface area contributed by atoms with E-state index in [0.29, 0.717) is 34.9 Å². The lowest BCUT2D eigenvalue weighted by Crippen LogP contribution is -2.25. The van der Waals surface area contributed by atoms with E-state index in [1.165, 1.54) is 6.20 Å². The standard InChI is InChI=1S/C22H22N6O2/c1-13-19(14(2)28-21(25-13)16(11-23)12-24-28)9-10-20(29)26-17-5-3-15(4-6-17)22(30)27-18-7-8-18/h3-6,12,18H,7-10H2,1-2H3,(H,26,29)(H,27,30). The van der Waals surface area contributed by atoms with Crippen molar-refractivity contribution in [2.75, 3.05) is 5.32 Å². The van der Waals surface area contributed by atoms with E-state index in [-0.39, 0.29) is 18.2 Å². The molecule has 8 nitrogen and oxygen atoms in total. The summed E-state index contributed by atoms with van der Waals surface area (Å²) in [6.07, 6.45) is 4.38. The Morgan fingerprint density at radius 2 is 1.97 bits per heavy atom. The van der Waals surface area contributed by atoms with Crippen LogP contribution in [0, 0.1) is 25.2 Å². The Morgan fingerprint density at radius 3 is 2.63 bits per heavy atom. The van der Waals surface area contributed by atoms with Crippen molar-refractivity contribution in [3.8, 4) is 6.07 Å². The number of nitriles is 1. The number of anilines is 1. The zero-order valence-electron chi connectivity index (χ0n) is 16.9. The second-order valence-corrected chi connectivity index (χ2v) is 7.54. The highest BCUT2D eigenvalue weighted by Crippen LogP contribution is 2.20. The summed E-state index contributed by atoms with van der Waals surface area (Å²) in [5, 5.41) is 19.2. The van der Waals surface area contributed by atoms with Crippen molar-refractivity contribution in [3.05, 3.63) is 58.5 Å². The van der Waals surface area contributed by atoms with E-state index in [2.05, 4.69) is 26.8 Å². The van der Waals surface area contributed by atoms with Gasteiger partial charge in [0.15, 0.2) is 5.65 Å². The van der Waals surface area contributed by atoms with E-state index in [9.17, 15) is 9.59 Å². The molecule has 0 atom stereocenters. The molecule has 30 heavy (non-hydrogen) atoms. The van der Waals surface area contributed by atoms with Crippen LogP contribution >= 0.6 is 0 Å². The molecule has 0 radical (unpaired) electrons. The van der Waals surface area contributed by atoms with E-state index in [1.807, 2.05) is 13.8 Å². The van der Waals surface area contributed by atoms with E-state index >= 15 is 0 Å². The van der Waals surface area contributed by atoms with Gasteiger partial charge in [0.05, 0.1) is 6.20 Å². The molecule has 0 unspecified atom stereocenters.